The Morgan fingerprint density at radius 2 is 2.21 bits per heavy atom. The van der Waals surface area contributed by atoms with Gasteiger partial charge in [0, 0.05) is 55.9 Å². The molecule has 0 spiro atoms. The normalized spacial score (nSPS) is 24.3. The molecule has 1 atom stereocenters. The Bertz CT molecular complexity index is 572. The molecule has 2 aromatic heterocycles. The number of rotatable bonds is 4. The van der Waals surface area contributed by atoms with Gasteiger partial charge in [0.15, 0.2) is 0 Å². The van der Waals surface area contributed by atoms with Crippen LogP contribution in [0, 0.1) is 0 Å². The van der Waals surface area contributed by atoms with Gasteiger partial charge in [0.25, 0.3) is 0 Å². The molecule has 2 fully saturated rings. The van der Waals surface area contributed by atoms with E-state index in [0.29, 0.717) is 6.04 Å². The first-order valence-corrected chi connectivity index (χ1v) is 7.28. The van der Waals surface area contributed by atoms with Crippen molar-refractivity contribution in [2.24, 2.45) is 0 Å². The van der Waals surface area contributed by atoms with Gasteiger partial charge < -0.3 is 9.72 Å². The third-order valence-electron chi connectivity index (χ3n) is 4.36. The SMILES string of the molecule is c1cc(CNC2CCN(C3CC3)C2)c2nccn2c1. The van der Waals surface area contributed by atoms with Crippen molar-refractivity contribution in [3.63, 3.8) is 0 Å². The smallest absolute Gasteiger partial charge is 0.141 e. The lowest BCUT2D eigenvalue weighted by molar-refractivity contribution is 0.317. The van der Waals surface area contributed by atoms with Crippen LogP contribution in [0.3, 0.4) is 0 Å². The summed E-state index contributed by atoms with van der Waals surface area (Å²) in [5.41, 5.74) is 2.37. The molecule has 1 unspecified atom stereocenters. The van der Waals surface area contributed by atoms with Crippen molar-refractivity contribution in [2.75, 3.05) is 13.1 Å². The van der Waals surface area contributed by atoms with E-state index in [1.54, 1.807) is 0 Å². The maximum atomic E-state index is 4.43. The Morgan fingerprint density at radius 1 is 1.26 bits per heavy atom. The molecule has 0 bridgehead atoms. The van der Waals surface area contributed by atoms with E-state index in [2.05, 4.69) is 37.9 Å². The zero-order chi connectivity index (χ0) is 12.7. The van der Waals surface area contributed by atoms with Gasteiger partial charge in [0.05, 0.1) is 0 Å². The Hall–Kier alpha value is -1.39. The monoisotopic (exact) mass is 256 g/mol. The molecule has 3 heterocycles. The molecular formula is C15H20N4. The summed E-state index contributed by atoms with van der Waals surface area (Å²) in [5.74, 6) is 0. The second-order valence-corrected chi connectivity index (χ2v) is 5.78. The molecule has 4 nitrogen and oxygen atoms in total. The molecule has 2 aromatic rings. The van der Waals surface area contributed by atoms with Gasteiger partial charge in [-0.25, -0.2) is 4.98 Å². The molecule has 0 radical (unpaired) electrons. The molecule has 1 saturated heterocycles. The van der Waals surface area contributed by atoms with Crippen molar-refractivity contribution < 1.29 is 0 Å². The molecule has 19 heavy (non-hydrogen) atoms. The van der Waals surface area contributed by atoms with Crippen LogP contribution in [0.25, 0.3) is 5.65 Å². The third kappa shape index (κ3) is 2.26. The molecule has 1 aliphatic carbocycles. The van der Waals surface area contributed by atoms with Crippen LogP contribution in [0.2, 0.25) is 0 Å². The number of fused-ring (bicyclic) bond motifs is 1. The molecule has 1 N–H and O–H groups in total. The fourth-order valence-electron chi connectivity index (χ4n) is 3.13. The van der Waals surface area contributed by atoms with Crippen LogP contribution in [0.4, 0.5) is 0 Å². The third-order valence-corrected chi connectivity index (χ3v) is 4.36. The molecule has 0 aromatic carbocycles. The summed E-state index contributed by atoms with van der Waals surface area (Å²) in [4.78, 5) is 7.08. The van der Waals surface area contributed by atoms with Gasteiger partial charge >= 0.3 is 0 Å². The van der Waals surface area contributed by atoms with Crippen molar-refractivity contribution in [3.05, 3.63) is 36.3 Å². The van der Waals surface area contributed by atoms with Crippen LogP contribution in [0.5, 0.6) is 0 Å². The first kappa shape index (κ1) is 11.4. The summed E-state index contributed by atoms with van der Waals surface area (Å²) < 4.78 is 2.09. The quantitative estimate of drug-likeness (QED) is 0.903. The number of imidazole rings is 1. The number of nitrogens with zero attached hydrogens (tertiary/aromatic N) is 3. The maximum Gasteiger partial charge on any atom is 0.141 e. The van der Waals surface area contributed by atoms with E-state index >= 15 is 0 Å². The standard InChI is InChI=1S/C15H20N4/c1-2-12(15-16-6-9-18(15)7-1)10-17-13-5-8-19(11-13)14-3-4-14/h1-2,6-7,9,13-14,17H,3-5,8,10-11H2. The number of pyridine rings is 1. The Labute approximate surface area is 113 Å². The van der Waals surface area contributed by atoms with Gasteiger partial charge in [-0.3, -0.25) is 4.90 Å². The van der Waals surface area contributed by atoms with Crippen LogP contribution in [-0.2, 0) is 6.54 Å². The van der Waals surface area contributed by atoms with Crippen LogP contribution >= 0.6 is 0 Å². The number of hydrogen-bond donors (Lipinski definition) is 1. The summed E-state index contributed by atoms with van der Waals surface area (Å²) >= 11 is 0. The molecule has 1 saturated carbocycles. The van der Waals surface area contributed by atoms with Crippen molar-refractivity contribution >= 4 is 5.65 Å². The van der Waals surface area contributed by atoms with Crippen molar-refractivity contribution in [2.45, 2.75) is 37.9 Å². The highest BCUT2D eigenvalue weighted by atomic mass is 15.2. The van der Waals surface area contributed by atoms with Gasteiger partial charge in [-0.1, -0.05) is 6.07 Å². The molecule has 2 aliphatic rings. The van der Waals surface area contributed by atoms with E-state index in [-0.39, 0.29) is 0 Å². The van der Waals surface area contributed by atoms with Crippen LogP contribution in [0.15, 0.2) is 30.7 Å². The van der Waals surface area contributed by atoms with Gasteiger partial charge in [0.2, 0.25) is 0 Å². The van der Waals surface area contributed by atoms with E-state index in [1.807, 2.05) is 12.4 Å². The van der Waals surface area contributed by atoms with E-state index in [1.165, 1.54) is 37.9 Å². The lowest BCUT2D eigenvalue weighted by Gasteiger charge is -2.16. The summed E-state index contributed by atoms with van der Waals surface area (Å²) in [6.45, 7) is 3.42. The van der Waals surface area contributed by atoms with Gasteiger partial charge in [0.1, 0.15) is 5.65 Å². The van der Waals surface area contributed by atoms with E-state index in [0.717, 1.165) is 18.2 Å². The van der Waals surface area contributed by atoms with Gasteiger partial charge in [-0.15, -0.1) is 0 Å². The van der Waals surface area contributed by atoms with E-state index < -0.39 is 0 Å². The Morgan fingerprint density at radius 3 is 3.11 bits per heavy atom. The largest absolute Gasteiger partial charge is 0.308 e. The Balaban J connectivity index is 1.40. The van der Waals surface area contributed by atoms with Gasteiger partial charge in [-0.2, -0.15) is 0 Å². The first-order chi connectivity index (χ1) is 9.40. The second kappa shape index (κ2) is 4.62. The molecule has 1 aliphatic heterocycles. The zero-order valence-electron chi connectivity index (χ0n) is 11.1. The minimum Gasteiger partial charge on any atom is -0.308 e. The Kier molecular flexibility index (Phi) is 2.78. The molecule has 100 valence electrons. The predicted molar refractivity (Wildman–Crippen MR) is 75.0 cm³/mol. The fourth-order valence-corrected chi connectivity index (χ4v) is 3.13. The highest BCUT2D eigenvalue weighted by Crippen LogP contribution is 2.29. The lowest BCUT2D eigenvalue weighted by atomic mass is 10.2. The van der Waals surface area contributed by atoms with Crippen LogP contribution in [-0.4, -0.2) is 39.5 Å². The van der Waals surface area contributed by atoms with Crippen LogP contribution in [0.1, 0.15) is 24.8 Å². The van der Waals surface area contributed by atoms with Crippen molar-refractivity contribution in [1.29, 1.82) is 0 Å². The minimum absolute atomic E-state index is 0.649. The molecule has 4 heteroatoms. The predicted octanol–water partition coefficient (Wildman–Crippen LogP) is 1.66. The van der Waals surface area contributed by atoms with Crippen molar-refractivity contribution in [3.8, 4) is 0 Å². The van der Waals surface area contributed by atoms with Crippen LogP contribution < -0.4 is 5.32 Å². The average Bonchev–Trinajstić information content (AvgIpc) is 3.00. The summed E-state index contributed by atoms with van der Waals surface area (Å²) in [6, 6.07) is 5.82. The topological polar surface area (TPSA) is 32.6 Å². The molecule has 4 rings (SSSR count). The molecule has 0 amide bonds. The maximum absolute atomic E-state index is 4.43. The highest BCUT2D eigenvalue weighted by molar-refractivity contribution is 5.47. The fraction of sp³-hybridized carbons (Fsp3) is 0.533. The zero-order valence-corrected chi connectivity index (χ0v) is 11.1. The highest BCUT2D eigenvalue weighted by Gasteiger charge is 2.34. The van der Waals surface area contributed by atoms with E-state index in [4.69, 9.17) is 0 Å². The van der Waals surface area contributed by atoms with E-state index in [9.17, 15) is 0 Å². The second-order valence-electron chi connectivity index (χ2n) is 5.78. The lowest BCUT2D eigenvalue weighted by Crippen LogP contribution is -2.33. The van der Waals surface area contributed by atoms with Gasteiger partial charge in [-0.05, 0) is 25.3 Å². The molecular weight excluding hydrogens is 236 g/mol. The summed E-state index contributed by atoms with van der Waals surface area (Å²) in [6.07, 6.45) is 10.0. The minimum atomic E-state index is 0.649. The number of hydrogen-bond acceptors (Lipinski definition) is 3. The average molecular weight is 256 g/mol. The van der Waals surface area contributed by atoms with Crippen molar-refractivity contribution in [1.82, 2.24) is 19.6 Å². The number of aromatic nitrogens is 2. The summed E-state index contributed by atoms with van der Waals surface area (Å²) in [7, 11) is 0. The summed E-state index contributed by atoms with van der Waals surface area (Å²) in [5, 5.41) is 3.70. The number of likely N-dealkylation sites (tertiary alicyclic amines) is 1. The first-order valence-electron chi connectivity index (χ1n) is 7.28. The number of nitrogens with one attached hydrogen (secondary N) is 1.